The zero-order valence-electron chi connectivity index (χ0n) is 15.2. The molecular formula is C20H31N3O2. The number of aromatic amines is 1. The van der Waals surface area contributed by atoms with Gasteiger partial charge in [-0.3, -0.25) is 9.69 Å². The van der Waals surface area contributed by atoms with Crippen molar-refractivity contribution in [2.45, 2.75) is 70.8 Å². The van der Waals surface area contributed by atoms with E-state index in [4.69, 9.17) is 0 Å². The highest BCUT2D eigenvalue weighted by Crippen LogP contribution is 2.45. The minimum absolute atomic E-state index is 0.522. The average molecular weight is 345 g/mol. The van der Waals surface area contributed by atoms with Crippen LogP contribution < -0.4 is 0 Å². The van der Waals surface area contributed by atoms with Crippen LogP contribution in [0.4, 0.5) is 0 Å². The molecule has 0 unspecified atom stereocenters. The number of carboxylic acid groups (broad SMARTS) is 1. The minimum atomic E-state index is -0.587. The number of aliphatic carboxylic acids is 1. The third-order valence-electron chi connectivity index (χ3n) is 6.52. The van der Waals surface area contributed by atoms with Gasteiger partial charge in [-0.1, -0.05) is 38.5 Å². The van der Waals surface area contributed by atoms with Gasteiger partial charge in [-0.2, -0.15) is 0 Å². The van der Waals surface area contributed by atoms with Crippen molar-refractivity contribution in [1.82, 2.24) is 14.9 Å². The summed E-state index contributed by atoms with van der Waals surface area (Å²) in [6.45, 7) is 2.49. The molecule has 0 aromatic carbocycles. The second-order valence-corrected chi connectivity index (χ2v) is 8.76. The van der Waals surface area contributed by atoms with Gasteiger partial charge >= 0.3 is 5.97 Å². The van der Waals surface area contributed by atoms with Gasteiger partial charge in [-0.05, 0) is 37.6 Å². The maximum absolute atomic E-state index is 12.0. The first-order valence-electron chi connectivity index (χ1n) is 10.1. The second-order valence-electron chi connectivity index (χ2n) is 8.76. The standard InChI is InChI=1S/C20H31N3O2/c24-19(25)20(11-16-6-7-16)8-3-9-23(14-20)13-17-12-21-18(22-17)10-15-4-1-2-5-15/h12,15-16H,1-11,13-14H2,(H,21,22)(H,24,25)/t20-/m0/s1. The summed E-state index contributed by atoms with van der Waals surface area (Å²) >= 11 is 0. The Kier molecular flexibility index (Phi) is 4.85. The van der Waals surface area contributed by atoms with Crippen LogP contribution in [-0.2, 0) is 17.8 Å². The lowest BCUT2D eigenvalue weighted by Gasteiger charge is -2.40. The first kappa shape index (κ1) is 17.1. The van der Waals surface area contributed by atoms with Crippen LogP contribution in [0.2, 0.25) is 0 Å². The zero-order valence-corrected chi connectivity index (χ0v) is 15.2. The van der Waals surface area contributed by atoms with E-state index < -0.39 is 11.4 Å². The number of hydrogen-bond donors (Lipinski definition) is 2. The first-order chi connectivity index (χ1) is 12.1. The van der Waals surface area contributed by atoms with Gasteiger partial charge in [0, 0.05) is 31.4 Å². The second kappa shape index (κ2) is 7.10. The fourth-order valence-electron chi connectivity index (χ4n) is 4.98. The number of rotatable bonds is 7. The van der Waals surface area contributed by atoms with Crippen LogP contribution in [0.25, 0.3) is 0 Å². The number of likely N-dealkylation sites (tertiary alicyclic amines) is 1. The molecule has 3 aliphatic rings. The van der Waals surface area contributed by atoms with Crippen molar-refractivity contribution in [2.24, 2.45) is 17.3 Å². The van der Waals surface area contributed by atoms with Gasteiger partial charge in [0.25, 0.3) is 0 Å². The molecule has 1 saturated heterocycles. The number of carboxylic acids is 1. The van der Waals surface area contributed by atoms with Crippen LogP contribution in [0.15, 0.2) is 6.20 Å². The molecule has 2 heterocycles. The predicted molar refractivity (Wildman–Crippen MR) is 96.2 cm³/mol. The molecule has 5 heteroatoms. The lowest BCUT2D eigenvalue weighted by Crippen LogP contribution is -2.47. The number of piperidine rings is 1. The van der Waals surface area contributed by atoms with E-state index in [0.29, 0.717) is 12.5 Å². The van der Waals surface area contributed by atoms with Crippen LogP contribution in [0, 0.1) is 17.3 Å². The lowest BCUT2D eigenvalue weighted by molar-refractivity contribution is -0.153. The molecule has 1 aromatic rings. The largest absolute Gasteiger partial charge is 0.481 e. The number of aromatic nitrogens is 2. The van der Waals surface area contributed by atoms with Crippen molar-refractivity contribution >= 4 is 5.97 Å². The topological polar surface area (TPSA) is 69.2 Å². The van der Waals surface area contributed by atoms with E-state index in [1.165, 1.54) is 38.5 Å². The Morgan fingerprint density at radius 2 is 2.04 bits per heavy atom. The normalized spacial score (nSPS) is 28.5. The molecule has 0 radical (unpaired) electrons. The Labute approximate surface area is 150 Å². The highest BCUT2D eigenvalue weighted by atomic mass is 16.4. The molecule has 1 atom stereocenters. The van der Waals surface area contributed by atoms with Gasteiger partial charge in [-0.15, -0.1) is 0 Å². The van der Waals surface area contributed by atoms with Gasteiger partial charge in [0.05, 0.1) is 5.41 Å². The maximum atomic E-state index is 12.0. The molecule has 2 saturated carbocycles. The predicted octanol–water partition coefficient (Wildman–Crippen LogP) is 3.61. The van der Waals surface area contributed by atoms with Gasteiger partial charge in [-0.25, -0.2) is 4.98 Å². The molecule has 1 aromatic heterocycles. The monoisotopic (exact) mass is 345 g/mol. The Hall–Kier alpha value is -1.36. The van der Waals surface area contributed by atoms with Crippen molar-refractivity contribution in [3.8, 4) is 0 Å². The number of H-pyrrole nitrogens is 1. The molecule has 2 N–H and O–H groups in total. The Bertz CT molecular complexity index is 604. The third kappa shape index (κ3) is 4.08. The van der Waals surface area contributed by atoms with Crippen molar-refractivity contribution in [2.75, 3.05) is 13.1 Å². The molecule has 25 heavy (non-hydrogen) atoms. The van der Waals surface area contributed by atoms with Gasteiger partial charge in [0.1, 0.15) is 5.82 Å². The zero-order chi connectivity index (χ0) is 17.3. The number of nitrogens with zero attached hydrogens (tertiary/aromatic N) is 2. The van der Waals surface area contributed by atoms with Crippen LogP contribution in [0.3, 0.4) is 0 Å². The molecule has 0 amide bonds. The average Bonchev–Trinajstić information content (AvgIpc) is 3.06. The number of carbonyl (C=O) groups is 1. The smallest absolute Gasteiger partial charge is 0.310 e. The van der Waals surface area contributed by atoms with Crippen molar-refractivity contribution in [3.63, 3.8) is 0 Å². The molecule has 0 bridgehead atoms. The van der Waals surface area contributed by atoms with E-state index in [1.54, 1.807) is 0 Å². The van der Waals surface area contributed by atoms with E-state index in [2.05, 4.69) is 14.9 Å². The van der Waals surface area contributed by atoms with Gasteiger partial charge in [0.2, 0.25) is 0 Å². The van der Waals surface area contributed by atoms with E-state index in [-0.39, 0.29) is 0 Å². The Balaban J connectivity index is 1.36. The molecule has 4 rings (SSSR count). The van der Waals surface area contributed by atoms with Gasteiger partial charge < -0.3 is 10.1 Å². The molecule has 5 nitrogen and oxygen atoms in total. The van der Waals surface area contributed by atoms with Gasteiger partial charge in [0.15, 0.2) is 0 Å². The molecule has 1 aliphatic heterocycles. The summed E-state index contributed by atoms with van der Waals surface area (Å²) in [6.07, 6.45) is 13.6. The molecule has 0 spiro atoms. The molecule has 2 aliphatic carbocycles. The van der Waals surface area contributed by atoms with Crippen LogP contribution in [0.1, 0.15) is 69.3 Å². The highest BCUT2D eigenvalue weighted by molar-refractivity contribution is 5.75. The first-order valence-corrected chi connectivity index (χ1v) is 10.1. The van der Waals surface area contributed by atoms with Crippen molar-refractivity contribution in [1.29, 1.82) is 0 Å². The summed E-state index contributed by atoms with van der Waals surface area (Å²) in [5.41, 5.74) is 0.618. The fourth-order valence-corrected chi connectivity index (χ4v) is 4.98. The van der Waals surface area contributed by atoms with Crippen molar-refractivity contribution in [3.05, 3.63) is 17.7 Å². The van der Waals surface area contributed by atoms with E-state index in [1.807, 2.05) is 6.20 Å². The third-order valence-corrected chi connectivity index (χ3v) is 6.52. The summed E-state index contributed by atoms with van der Waals surface area (Å²) in [4.78, 5) is 22.4. The summed E-state index contributed by atoms with van der Waals surface area (Å²) in [5, 5.41) is 9.87. The van der Waals surface area contributed by atoms with Crippen LogP contribution >= 0.6 is 0 Å². The Morgan fingerprint density at radius 3 is 2.76 bits per heavy atom. The number of nitrogens with one attached hydrogen (secondary N) is 1. The SMILES string of the molecule is O=C(O)[C@]1(CC2CC2)CCCN(Cc2cnc(CC3CCCC3)[nH]2)C1. The van der Waals surface area contributed by atoms with E-state index in [0.717, 1.165) is 56.2 Å². The van der Waals surface area contributed by atoms with E-state index >= 15 is 0 Å². The Morgan fingerprint density at radius 1 is 1.24 bits per heavy atom. The van der Waals surface area contributed by atoms with Crippen molar-refractivity contribution < 1.29 is 9.90 Å². The number of hydrogen-bond acceptors (Lipinski definition) is 3. The van der Waals surface area contributed by atoms with Crippen LogP contribution in [0.5, 0.6) is 0 Å². The maximum Gasteiger partial charge on any atom is 0.310 e. The molecule has 138 valence electrons. The van der Waals surface area contributed by atoms with Crippen LogP contribution in [-0.4, -0.2) is 39.0 Å². The molecular weight excluding hydrogens is 314 g/mol. The van der Waals surface area contributed by atoms with E-state index in [9.17, 15) is 9.90 Å². The lowest BCUT2D eigenvalue weighted by atomic mass is 9.75. The number of imidazole rings is 1. The summed E-state index contributed by atoms with van der Waals surface area (Å²) in [6, 6.07) is 0. The summed E-state index contributed by atoms with van der Waals surface area (Å²) in [7, 11) is 0. The summed E-state index contributed by atoms with van der Waals surface area (Å²) < 4.78 is 0. The quantitative estimate of drug-likeness (QED) is 0.792. The summed E-state index contributed by atoms with van der Waals surface area (Å²) in [5.74, 6) is 1.98. The molecule has 3 fully saturated rings. The minimum Gasteiger partial charge on any atom is -0.481 e. The highest BCUT2D eigenvalue weighted by Gasteiger charge is 2.45. The fraction of sp³-hybridized carbons (Fsp3) is 0.800.